The predicted molar refractivity (Wildman–Crippen MR) is 96.3 cm³/mol. The van der Waals surface area contributed by atoms with Gasteiger partial charge in [-0.15, -0.1) is 0 Å². The minimum atomic E-state index is -0.186. The summed E-state index contributed by atoms with van der Waals surface area (Å²) in [5.74, 6) is 0.602. The zero-order valence-electron chi connectivity index (χ0n) is 13.4. The first-order chi connectivity index (χ1) is 12.0. The normalized spacial score (nSPS) is 13.6. The van der Waals surface area contributed by atoms with Crippen LogP contribution >= 0.6 is 23.1 Å². The number of thiophene rings is 1. The molecular weight excluding hydrogens is 360 g/mol. The van der Waals surface area contributed by atoms with Crippen molar-refractivity contribution >= 4 is 44.7 Å². The molecule has 3 aromatic rings. The van der Waals surface area contributed by atoms with Gasteiger partial charge in [0, 0.05) is 22.6 Å². The molecule has 25 heavy (non-hydrogen) atoms. The van der Waals surface area contributed by atoms with Gasteiger partial charge in [-0.3, -0.25) is 0 Å². The number of aryl methyl sites for hydroxylation is 2. The highest BCUT2D eigenvalue weighted by Crippen LogP contribution is 2.27. The number of rotatable bonds is 2. The average molecular weight is 374 g/mol. The van der Waals surface area contributed by atoms with Gasteiger partial charge in [0.25, 0.3) is 4.92 Å². The SMILES string of the molecule is Cc1sc2[nH+]c3n(c(=O)c2c1C)N=C(c1ccc([N+](=O)O)cc1)CS3. The summed E-state index contributed by atoms with van der Waals surface area (Å²) in [5.41, 5.74) is 2.53. The van der Waals surface area contributed by atoms with Crippen LogP contribution in [-0.4, -0.2) is 26.3 Å². The van der Waals surface area contributed by atoms with Crippen LogP contribution in [0.4, 0.5) is 5.69 Å². The van der Waals surface area contributed by atoms with E-state index in [0.717, 1.165) is 26.5 Å². The Morgan fingerprint density at radius 3 is 2.68 bits per heavy atom. The number of hydrogen-bond donors (Lipinski definition) is 1. The topological polar surface area (TPSA) is 88.8 Å². The van der Waals surface area contributed by atoms with E-state index in [2.05, 4.69) is 10.1 Å². The van der Waals surface area contributed by atoms with Gasteiger partial charge < -0.3 is 0 Å². The number of aromatic amines is 1. The summed E-state index contributed by atoms with van der Waals surface area (Å²) in [6, 6.07) is 6.42. The second-order valence-corrected chi connectivity index (χ2v) is 7.88. The molecule has 2 N–H and O–H groups in total. The lowest BCUT2D eigenvalue weighted by atomic mass is 10.1. The van der Waals surface area contributed by atoms with Gasteiger partial charge in [0.15, 0.2) is 4.83 Å². The minimum absolute atomic E-state index is 0.131. The first-order valence-electron chi connectivity index (χ1n) is 7.51. The Labute approximate surface area is 150 Å². The molecule has 0 spiro atoms. The third-order valence-electron chi connectivity index (χ3n) is 4.19. The summed E-state index contributed by atoms with van der Waals surface area (Å²) >= 11 is 3.09. The zero-order chi connectivity index (χ0) is 17.7. The van der Waals surface area contributed by atoms with Crippen molar-refractivity contribution in [2.45, 2.75) is 19.0 Å². The molecule has 0 atom stereocenters. The highest BCUT2D eigenvalue weighted by molar-refractivity contribution is 7.99. The number of nitrogens with one attached hydrogen (secondary N) is 1. The molecule has 0 aliphatic carbocycles. The Balaban J connectivity index is 1.85. The van der Waals surface area contributed by atoms with Gasteiger partial charge in [0.2, 0.25) is 0 Å². The number of benzene rings is 1. The third-order valence-corrected chi connectivity index (χ3v) is 6.28. The summed E-state index contributed by atoms with van der Waals surface area (Å²) in [6.45, 7) is 3.94. The third kappa shape index (κ3) is 2.56. The second-order valence-electron chi connectivity index (χ2n) is 5.69. The molecule has 0 radical (unpaired) electrons. The van der Waals surface area contributed by atoms with Gasteiger partial charge in [-0.1, -0.05) is 21.1 Å². The lowest BCUT2D eigenvalue weighted by molar-refractivity contribution is -0.729. The van der Waals surface area contributed by atoms with Crippen molar-refractivity contribution < 1.29 is 15.1 Å². The van der Waals surface area contributed by atoms with Crippen LogP contribution in [0, 0.1) is 18.8 Å². The average Bonchev–Trinajstić information content (AvgIpc) is 2.89. The van der Waals surface area contributed by atoms with Gasteiger partial charge in [-0.2, -0.15) is 0 Å². The van der Waals surface area contributed by atoms with Gasteiger partial charge >= 0.3 is 16.4 Å². The molecule has 1 aliphatic heterocycles. The van der Waals surface area contributed by atoms with E-state index in [0.29, 0.717) is 16.3 Å². The van der Waals surface area contributed by atoms with E-state index in [-0.39, 0.29) is 16.2 Å². The largest absolute Gasteiger partial charge is 0.372 e. The van der Waals surface area contributed by atoms with E-state index in [9.17, 15) is 9.70 Å². The first kappa shape index (κ1) is 16.0. The first-order valence-corrected chi connectivity index (χ1v) is 9.31. The molecular formula is C16H14N4O3S2+2. The van der Waals surface area contributed by atoms with Gasteiger partial charge in [-0.25, -0.2) is 15.0 Å². The summed E-state index contributed by atoms with van der Waals surface area (Å²) in [6.07, 6.45) is 0. The maximum absolute atomic E-state index is 12.9. The molecule has 0 saturated carbocycles. The number of thioether (sulfide) groups is 1. The van der Waals surface area contributed by atoms with Crippen LogP contribution in [0.15, 0.2) is 39.3 Å². The lowest BCUT2D eigenvalue weighted by Crippen LogP contribution is -2.31. The Hall–Kier alpha value is -2.52. The highest BCUT2D eigenvalue weighted by atomic mass is 32.2. The van der Waals surface area contributed by atoms with E-state index < -0.39 is 0 Å². The van der Waals surface area contributed by atoms with Crippen LogP contribution in [0.25, 0.3) is 10.2 Å². The number of aromatic nitrogens is 2. The van der Waals surface area contributed by atoms with Crippen molar-refractivity contribution in [2.24, 2.45) is 5.10 Å². The molecule has 1 aromatic carbocycles. The molecule has 2 aromatic heterocycles. The smallest absolute Gasteiger partial charge is 0.241 e. The molecule has 7 nitrogen and oxygen atoms in total. The van der Waals surface area contributed by atoms with E-state index in [4.69, 9.17) is 5.21 Å². The van der Waals surface area contributed by atoms with Crippen molar-refractivity contribution in [1.29, 1.82) is 0 Å². The number of H-pyrrole nitrogens is 1. The molecule has 3 heterocycles. The lowest BCUT2D eigenvalue weighted by Gasteiger charge is -2.09. The fourth-order valence-corrected chi connectivity index (χ4v) is 4.75. The molecule has 126 valence electrons. The van der Waals surface area contributed by atoms with E-state index >= 15 is 0 Å². The molecule has 9 heteroatoms. The van der Waals surface area contributed by atoms with Gasteiger partial charge in [-0.05, 0) is 43.3 Å². The summed E-state index contributed by atoms with van der Waals surface area (Å²) in [7, 11) is 0. The van der Waals surface area contributed by atoms with Crippen LogP contribution in [0.1, 0.15) is 16.0 Å². The van der Waals surface area contributed by atoms with E-state index in [1.165, 1.54) is 28.6 Å². The molecule has 0 amide bonds. The number of nitrogens with zero attached hydrogens (tertiary/aromatic N) is 3. The quantitative estimate of drug-likeness (QED) is 0.552. The van der Waals surface area contributed by atoms with Crippen LogP contribution in [-0.2, 0) is 0 Å². The maximum Gasteiger partial charge on any atom is 0.372 e. The summed E-state index contributed by atoms with van der Waals surface area (Å²) in [5, 5.41) is 14.8. The Morgan fingerprint density at radius 2 is 2.00 bits per heavy atom. The minimum Gasteiger partial charge on any atom is -0.241 e. The molecule has 0 bridgehead atoms. The van der Waals surface area contributed by atoms with Crippen molar-refractivity contribution in [3.63, 3.8) is 0 Å². The number of fused-ring (bicyclic) bond motifs is 2. The standard InChI is InChI=1S/C16H13N4O3S2/c1-8-9(2)25-14-13(8)15(21)19-16(17-14)24-7-12(18-19)10-3-5-11(6-4-10)20(22)23/h3-6H,7H2,1-2H3,(H,22,23)/q+1/p+1. The Bertz CT molecular complexity index is 1110. The van der Waals surface area contributed by atoms with Crippen LogP contribution in [0.2, 0.25) is 0 Å². The van der Waals surface area contributed by atoms with Gasteiger partial charge in [0.1, 0.15) is 11.1 Å². The number of hydrogen-bond acceptors (Lipinski definition) is 5. The van der Waals surface area contributed by atoms with Crippen molar-refractivity contribution in [3.8, 4) is 0 Å². The van der Waals surface area contributed by atoms with E-state index in [1.54, 1.807) is 23.5 Å². The molecule has 0 unspecified atom stereocenters. The second kappa shape index (κ2) is 5.78. The van der Waals surface area contributed by atoms with Crippen LogP contribution < -0.4 is 10.5 Å². The zero-order valence-corrected chi connectivity index (χ0v) is 15.1. The van der Waals surface area contributed by atoms with Gasteiger partial charge in [0.05, 0.1) is 10.7 Å². The molecule has 4 rings (SSSR count). The highest BCUT2D eigenvalue weighted by Gasteiger charge is 2.27. The molecule has 1 aliphatic rings. The van der Waals surface area contributed by atoms with Crippen molar-refractivity contribution in [2.75, 3.05) is 5.75 Å². The van der Waals surface area contributed by atoms with Crippen molar-refractivity contribution in [1.82, 2.24) is 4.68 Å². The van der Waals surface area contributed by atoms with Crippen LogP contribution in [0.3, 0.4) is 0 Å². The molecule has 0 fully saturated rings. The fourth-order valence-electron chi connectivity index (χ4n) is 2.72. The summed E-state index contributed by atoms with van der Waals surface area (Å²) in [4.78, 5) is 28.9. The Morgan fingerprint density at radius 1 is 1.28 bits per heavy atom. The summed E-state index contributed by atoms with van der Waals surface area (Å²) < 4.78 is 1.41. The van der Waals surface area contributed by atoms with Crippen molar-refractivity contribution in [3.05, 3.63) is 55.5 Å². The van der Waals surface area contributed by atoms with E-state index in [1.807, 2.05) is 13.8 Å². The Kier molecular flexibility index (Phi) is 3.69. The molecule has 0 saturated heterocycles. The monoisotopic (exact) mass is 374 g/mol. The van der Waals surface area contributed by atoms with Crippen LogP contribution in [0.5, 0.6) is 0 Å². The maximum atomic E-state index is 12.9. The fraction of sp³-hybridized carbons (Fsp3) is 0.188. The predicted octanol–water partition coefficient (Wildman–Crippen LogP) is 2.65.